The fourth-order valence-corrected chi connectivity index (χ4v) is 0.690. The van der Waals surface area contributed by atoms with E-state index in [1.165, 1.54) is 6.07 Å². The van der Waals surface area contributed by atoms with Gasteiger partial charge in [-0.3, -0.25) is 4.98 Å². The third-order valence-electron chi connectivity index (χ3n) is 1.33. The van der Waals surface area contributed by atoms with E-state index in [9.17, 15) is 8.78 Å². The molecule has 1 heterocycles. The van der Waals surface area contributed by atoms with Crippen LogP contribution in [0.2, 0.25) is 0 Å². The number of pyridine rings is 1. The number of aryl methyl sites for hydroxylation is 1. The predicted octanol–water partition coefficient (Wildman–Crippen LogP) is 2.03. The molecule has 2 nitrogen and oxygen atoms in total. The highest BCUT2D eigenvalue weighted by atomic mass is 19.3. The van der Waals surface area contributed by atoms with Gasteiger partial charge in [0.15, 0.2) is 0 Å². The summed E-state index contributed by atoms with van der Waals surface area (Å²) in [5.41, 5.74) is 0.107. The third kappa shape index (κ3) is 1.63. The molecular weight excluding hydrogens is 152 g/mol. The summed E-state index contributed by atoms with van der Waals surface area (Å²) in [6, 6.07) is 1.17. The van der Waals surface area contributed by atoms with Crippen LogP contribution in [0.3, 0.4) is 0 Å². The molecule has 0 fully saturated rings. The summed E-state index contributed by atoms with van der Waals surface area (Å²) in [6.07, 6.45) is -1.55. The van der Waals surface area contributed by atoms with Gasteiger partial charge in [-0.2, -0.15) is 0 Å². The molecule has 0 aromatic carbocycles. The molecule has 1 rings (SSSR count). The molecule has 0 spiro atoms. The van der Waals surface area contributed by atoms with Crippen LogP contribution in [0.25, 0.3) is 0 Å². The summed E-state index contributed by atoms with van der Waals surface area (Å²) in [7, 11) is 0. The Bertz CT molecular complexity index is 263. The van der Waals surface area contributed by atoms with Crippen molar-refractivity contribution in [1.82, 2.24) is 4.98 Å². The van der Waals surface area contributed by atoms with E-state index in [1.54, 1.807) is 6.92 Å². The first kappa shape index (κ1) is 7.91. The second-order valence-electron chi connectivity index (χ2n) is 2.20. The van der Waals surface area contributed by atoms with Crippen molar-refractivity contribution in [2.75, 3.05) is 0 Å². The number of rotatable bonds is 1. The van der Waals surface area contributed by atoms with E-state index in [0.29, 0.717) is 5.56 Å². The number of halogens is 2. The van der Waals surface area contributed by atoms with Crippen LogP contribution in [0.1, 0.15) is 17.7 Å². The number of nitrogens with zero attached hydrogens (tertiary/aromatic N) is 1. The molecule has 0 radical (unpaired) electrons. The summed E-state index contributed by atoms with van der Waals surface area (Å²) in [5.74, 6) is -0.0607. The third-order valence-corrected chi connectivity index (χ3v) is 1.33. The maximum absolute atomic E-state index is 11.9. The first-order valence-corrected chi connectivity index (χ1v) is 3.05. The van der Waals surface area contributed by atoms with E-state index in [4.69, 9.17) is 5.11 Å². The van der Waals surface area contributed by atoms with Crippen molar-refractivity contribution in [2.45, 2.75) is 13.3 Å². The van der Waals surface area contributed by atoms with Crippen molar-refractivity contribution < 1.29 is 13.9 Å². The average Bonchev–Trinajstić information content (AvgIpc) is 1.94. The van der Waals surface area contributed by atoms with Gasteiger partial charge in [-0.05, 0) is 18.6 Å². The van der Waals surface area contributed by atoms with Crippen molar-refractivity contribution in [2.24, 2.45) is 0 Å². The second kappa shape index (κ2) is 2.82. The van der Waals surface area contributed by atoms with Gasteiger partial charge in [0.1, 0.15) is 11.4 Å². The van der Waals surface area contributed by atoms with Crippen LogP contribution >= 0.6 is 0 Å². The standard InChI is InChI=1S/C7H7F2NO/c1-4-2-5(7(8)9)10-3-6(4)11/h2-3,7,11H,1H3. The van der Waals surface area contributed by atoms with E-state index < -0.39 is 6.43 Å². The van der Waals surface area contributed by atoms with Crippen LogP contribution in [0, 0.1) is 6.92 Å². The van der Waals surface area contributed by atoms with E-state index >= 15 is 0 Å². The van der Waals surface area contributed by atoms with Crippen LogP contribution in [0.5, 0.6) is 5.75 Å². The number of hydrogen-bond acceptors (Lipinski definition) is 2. The zero-order valence-corrected chi connectivity index (χ0v) is 5.88. The first-order valence-electron chi connectivity index (χ1n) is 3.05. The summed E-state index contributed by atoms with van der Waals surface area (Å²) in [6.45, 7) is 1.54. The summed E-state index contributed by atoms with van der Waals surface area (Å²) in [4.78, 5) is 3.34. The lowest BCUT2D eigenvalue weighted by molar-refractivity contribution is 0.146. The minimum atomic E-state index is -2.57. The highest BCUT2D eigenvalue weighted by Crippen LogP contribution is 2.21. The Kier molecular flexibility index (Phi) is 2.03. The maximum atomic E-state index is 11.9. The molecule has 1 aromatic rings. The fourth-order valence-electron chi connectivity index (χ4n) is 0.690. The normalized spacial score (nSPS) is 10.5. The Hall–Kier alpha value is -1.19. The molecule has 1 aromatic heterocycles. The molecule has 4 heteroatoms. The average molecular weight is 159 g/mol. The molecule has 0 bridgehead atoms. The van der Waals surface area contributed by atoms with Crippen LogP contribution in [-0.4, -0.2) is 10.1 Å². The summed E-state index contributed by atoms with van der Waals surface area (Å²) >= 11 is 0. The van der Waals surface area contributed by atoms with Crippen molar-refractivity contribution in [3.63, 3.8) is 0 Å². The zero-order chi connectivity index (χ0) is 8.43. The topological polar surface area (TPSA) is 33.1 Å². The van der Waals surface area contributed by atoms with Gasteiger partial charge in [-0.25, -0.2) is 8.78 Å². The minimum absolute atomic E-state index is 0.0607. The molecule has 0 aliphatic carbocycles. The monoisotopic (exact) mass is 159 g/mol. The Labute approximate surface area is 62.5 Å². The number of aromatic hydroxyl groups is 1. The van der Waals surface area contributed by atoms with Crippen LogP contribution in [0.15, 0.2) is 12.3 Å². The molecule has 0 saturated heterocycles. The Morgan fingerprint density at radius 1 is 1.55 bits per heavy atom. The van der Waals surface area contributed by atoms with E-state index in [1.807, 2.05) is 0 Å². The molecule has 0 aliphatic heterocycles. The number of aromatic nitrogens is 1. The lowest BCUT2D eigenvalue weighted by Gasteiger charge is -2.00. The molecule has 11 heavy (non-hydrogen) atoms. The lowest BCUT2D eigenvalue weighted by Crippen LogP contribution is -1.90. The largest absolute Gasteiger partial charge is 0.506 e. The Morgan fingerprint density at radius 2 is 2.18 bits per heavy atom. The van der Waals surface area contributed by atoms with Gasteiger partial charge in [-0.15, -0.1) is 0 Å². The fraction of sp³-hybridized carbons (Fsp3) is 0.286. The van der Waals surface area contributed by atoms with E-state index in [0.717, 1.165) is 6.20 Å². The van der Waals surface area contributed by atoms with Gasteiger partial charge in [0, 0.05) is 0 Å². The quantitative estimate of drug-likeness (QED) is 0.680. The zero-order valence-electron chi connectivity index (χ0n) is 5.88. The van der Waals surface area contributed by atoms with Crippen LogP contribution in [0.4, 0.5) is 8.78 Å². The second-order valence-corrected chi connectivity index (χ2v) is 2.20. The van der Waals surface area contributed by atoms with Crippen molar-refractivity contribution >= 4 is 0 Å². The molecule has 0 aliphatic rings. The van der Waals surface area contributed by atoms with Crippen molar-refractivity contribution in [1.29, 1.82) is 0 Å². The Morgan fingerprint density at radius 3 is 2.64 bits per heavy atom. The Balaban J connectivity index is 3.05. The highest BCUT2D eigenvalue weighted by Gasteiger charge is 2.09. The molecule has 0 saturated carbocycles. The van der Waals surface area contributed by atoms with Gasteiger partial charge in [0.2, 0.25) is 0 Å². The van der Waals surface area contributed by atoms with Crippen molar-refractivity contribution in [3.8, 4) is 5.75 Å². The lowest BCUT2D eigenvalue weighted by atomic mass is 10.2. The number of alkyl halides is 2. The number of hydrogen-bond donors (Lipinski definition) is 1. The van der Waals surface area contributed by atoms with Gasteiger partial charge >= 0.3 is 0 Å². The van der Waals surface area contributed by atoms with Gasteiger partial charge in [-0.1, -0.05) is 0 Å². The molecule has 0 atom stereocenters. The van der Waals surface area contributed by atoms with Crippen LogP contribution < -0.4 is 0 Å². The predicted molar refractivity (Wildman–Crippen MR) is 35.6 cm³/mol. The van der Waals surface area contributed by atoms with Gasteiger partial charge < -0.3 is 5.11 Å². The highest BCUT2D eigenvalue weighted by molar-refractivity contribution is 5.29. The minimum Gasteiger partial charge on any atom is -0.506 e. The van der Waals surface area contributed by atoms with Crippen LogP contribution in [-0.2, 0) is 0 Å². The molecule has 0 amide bonds. The van der Waals surface area contributed by atoms with E-state index in [-0.39, 0.29) is 11.4 Å². The summed E-state index contributed by atoms with van der Waals surface area (Å²) < 4.78 is 23.9. The molecule has 1 N–H and O–H groups in total. The van der Waals surface area contributed by atoms with Crippen molar-refractivity contribution in [3.05, 3.63) is 23.5 Å². The summed E-state index contributed by atoms with van der Waals surface area (Å²) in [5, 5.41) is 8.92. The molecule has 60 valence electrons. The van der Waals surface area contributed by atoms with Gasteiger partial charge in [0.25, 0.3) is 6.43 Å². The molecule has 0 unspecified atom stereocenters. The smallest absolute Gasteiger partial charge is 0.280 e. The van der Waals surface area contributed by atoms with E-state index in [2.05, 4.69) is 4.98 Å². The van der Waals surface area contributed by atoms with Gasteiger partial charge in [0.05, 0.1) is 6.20 Å². The maximum Gasteiger partial charge on any atom is 0.280 e. The first-order chi connectivity index (χ1) is 5.11. The SMILES string of the molecule is Cc1cc(C(F)F)ncc1O. The molecular formula is C7H7F2NO.